The first-order valence-corrected chi connectivity index (χ1v) is 6.80. The summed E-state index contributed by atoms with van der Waals surface area (Å²) in [4.78, 5) is 0. The molecule has 0 aromatic heterocycles. The molecule has 0 fully saturated rings. The van der Waals surface area contributed by atoms with Crippen molar-refractivity contribution in [2.24, 2.45) is 0 Å². The van der Waals surface area contributed by atoms with Crippen LogP contribution in [0, 0.1) is 0 Å². The molecule has 90 valence electrons. The van der Waals surface area contributed by atoms with E-state index >= 15 is 0 Å². The highest BCUT2D eigenvalue weighted by Gasteiger charge is 2.19. The number of aryl methyl sites for hydroxylation is 2. The van der Waals surface area contributed by atoms with Gasteiger partial charge in [-0.05, 0) is 65.6 Å². The van der Waals surface area contributed by atoms with Gasteiger partial charge in [0.2, 0.25) is 0 Å². The molecule has 1 nitrogen and oxygen atoms in total. The van der Waals surface area contributed by atoms with Crippen molar-refractivity contribution in [2.45, 2.75) is 32.1 Å². The Balaban J connectivity index is 2.04. The van der Waals surface area contributed by atoms with Crippen molar-refractivity contribution in [3.05, 3.63) is 52.6 Å². The molecule has 0 radical (unpaired) electrons. The fraction of sp³-hybridized carbons (Fsp3) is 0.294. The van der Waals surface area contributed by atoms with Crippen molar-refractivity contribution < 1.29 is 5.11 Å². The summed E-state index contributed by atoms with van der Waals surface area (Å²) in [5.74, 6) is 0.449. The van der Waals surface area contributed by atoms with Gasteiger partial charge in [0.25, 0.3) is 0 Å². The molecule has 4 rings (SSSR count). The van der Waals surface area contributed by atoms with E-state index in [1.54, 1.807) is 5.56 Å². The van der Waals surface area contributed by atoms with Gasteiger partial charge in [-0.25, -0.2) is 0 Å². The number of aliphatic hydroxyl groups is 1. The van der Waals surface area contributed by atoms with Gasteiger partial charge >= 0.3 is 0 Å². The lowest BCUT2D eigenvalue weighted by atomic mass is 9.86. The van der Waals surface area contributed by atoms with Gasteiger partial charge in [0.05, 0.1) is 0 Å². The summed E-state index contributed by atoms with van der Waals surface area (Å²) in [5.41, 5.74) is 5.41. The number of hydrogen-bond acceptors (Lipinski definition) is 1. The second-order valence-electron chi connectivity index (χ2n) is 5.39. The van der Waals surface area contributed by atoms with Crippen molar-refractivity contribution in [1.82, 2.24) is 0 Å². The van der Waals surface area contributed by atoms with Gasteiger partial charge in [0, 0.05) is 5.56 Å². The van der Waals surface area contributed by atoms with E-state index in [4.69, 9.17) is 0 Å². The van der Waals surface area contributed by atoms with E-state index in [-0.39, 0.29) is 0 Å². The van der Waals surface area contributed by atoms with E-state index < -0.39 is 0 Å². The maximum absolute atomic E-state index is 9.84. The van der Waals surface area contributed by atoms with Crippen LogP contribution in [0.4, 0.5) is 0 Å². The molecule has 0 unspecified atom stereocenters. The average molecular weight is 236 g/mol. The van der Waals surface area contributed by atoms with Crippen LogP contribution in [0.3, 0.4) is 0 Å². The molecular formula is C17H16O. The van der Waals surface area contributed by atoms with Crippen molar-refractivity contribution in [2.75, 3.05) is 0 Å². The van der Waals surface area contributed by atoms with Crippen LogP contribution in [0.1, 0.15) is 35.1 Å². The zero-order chi connectivity index (χ0) is 12.1. The van der Waals surface area contributed by atoms with Crippen LogP contribution in [-0.2, 0) is 19.3 Å². The smallest absolute Gasteiger partial charge is 0.119 e. The first-order chi connectivity index (χ1) is 8.84. The minimum absolute atomic E-state index is 0.449. The fourth-order valence-corrected chi connectivity index (χ4v) is 3.49. The maximum Gasteiger partial charge on any atom is 0.119 e. The topological polar surface area (TPSA) is 20.2 Å². The summed E-state index contributed by atoms with van der Waals surface area (Å²) in [6, 6.07) is 8.84. The van der Waals surface area contributed by atoms with Crippen LogP contribution in [0.25, 0.3) is 16.5 Å². The minimum Gasteiger partial charge on any atom is -0.508 e. The second kappa shape index (κ2) is 3.61. The van der Waals surface area contributed by atoms with Crippen LogP contribution >= 0.6 is 0 Å². The lowest BCUT2D eigenvalue weighted by molar-refractivity contribution is 0.513. The van der Waals surface area contributed by atoms with Gasteiger partial charge in [-0.15, -0.1) is 0 Å². The second-order valence-corrected chi connectivity index (χ2v) is 5.39. The Labute approximate surface area is 107 Å². The normalized spacial score (nSPS) is 17.4. The number of rotatable bonds is 0. The SMILES string of the molecule is OC1=CCc2c1ccc1c3c(ccc21)CCCC3. The summed E-state index contributed by atoms with van der Waals surface area (Å²) < 4.78 is 0. The molecule has 0 atom stereocenters. The molecule has 1 N–H and O–H groups in total. The van der Waals surface area contributed by atoms with Crippen LogP contribution < -0.4 is 0 Å². The van der Waals surface area contributed by atoms with Gasteiger partial charge in [-0.2, -0.15) is 0 Å². The molecular weight excluding hydrogens is 220 g/mol. The van der Waals surface area contributed by atoms with Gasteiger partial charge in [0.1, 0.15) is 5.76 Å². The average Bonchev–Trinajstić information content (AvgIpc) is 2.80. The predicted molar refractivity (Wildman–Crippen MR) is 74.9 cm³/mol. The third-order valence-corrected chi connectivity index (χ3v) is 4.42. The molecule has 0 saturated heterocycles. The number of benzene rings is 2. The van der Waals surface area contributed by atoms with E-state index in [1.807, 2.05) is 6.08 Å². The monoisotopic (exact) mass is 236 g/mol. The quantitative estimate of drug-likeness (QED) is 0.727. The Hall–Kier alpha value is -1.76. The molecule has 18 heavy (non-hydrogen) atoms. The number of allylic oxidation sites excluding steroid dienone is 1. The van der Waals surface area contributed by atoms with Crippen LogP contribution in [0.2, 0.25) is 0 Å². The van der Waals surface area contributed by atoms with E-state index in [1.165, 1.54) is 47.6 Å². The molecule has 0 aliphatic heterocycles. The summed E-state index contributed by atoms with van der Waals surface area (Å²) in [6.07, 6.45) is 7.87. The van der Waals surface area contributed by atoms with E-state index in [0.717, 1.165) is 12.0 Å². The first-order valence-electron chi connectivity index (χ1n) is 6.80. The predicted octanol–water partition coefficient (Wildman–Crippen LogP) is 4.17. The molecule has 2 aliphatic carbocycles. The number of hydrogen-bond donors (Lipinski definition) is 1. The highest BCUT2D eigenvalue weighted by Crippen LogP contribution is 2.36. The van der Waals surface area contributed by atoms with Crippen molar-refractivity contribution in [3.8, 4) is 0 Å². The summed E-state index contributed by atoms with van der Waals surface area (Å²) in [5, 5.41) is 12.6. The van der Waals surface area contributed by atoms with Gasteiger partial charge in [-0.3, -0.25) is 0 Å². The minimum atomic E-state index is 0.449. The molecule has 2 aromatic carbocycles. The molecule has 0 heterocycles. The zero-order valence-corrected chi connectivity index (χ0v) is 10.4. The Bertz CT molecular complexity index is 674. The Kier molecular flexibility index (Phi) is 2.05. The lowest BCUT2D eigenvalue weighted by Gasteiger charge is -2.19. The number of fused-ring (bicyclic) bond motifs is 5. The highest BCUT2D eigenvalue weighted by atomic mass is 16.3. The first kappa shape index (κ1) is 10.2. The molecule has 0 spiro atoms. The molecule has 1 heteroatoms. The van der Waals surface area contributed by atoms with Crippen molar-refractivity contribution in [3.63, 3.8) is 0 Å². The maximum atomic E-state index is 9.84. The van der Waals surface area contributed by atoms with Crippen LogP contribution in [-0.4, -0.2) is 5.11 Å². The highest BCUT2D eigenvalue weighted by molar-refractivity contribution is 5.94. The van der Waals surface area contributed by atoms with Crippen LogP contribution in [0.5, 0.6) is 0 Å². The molecule has 2 aromatic rings. The zero-order valence-electron chi connectivity index (χ0n) is 10.4. The fourth-order valence-electron chi connectivity index (χ4n) is 3.49. The largest absolute Gasteiger partial charge is 0.508 e. The van der Waals surface area contributed by atoms with Crippen LogP contribution in [0.15, 0.2) is 30.3 Å². The van der Waals surface area contributed by atoms with Crippen molar-refractivity contribution in [1.29, 1.82) is 0 Å². The van der Waals surface area contributed by atoms with E-state index in [2.05, 4.69) is 24.3 Å². The Morgan fingerprint density at radius 3 is 2.56 bits per heavy atom. The standard InChI is InChI=1S/C17H16O/c18-17-10-9-15-14-6-5-11-3-1-2-4-12(11)13(14)7-8-16(15)17/h5-8,10,18H,1-4,9H2. The third-order valence-electron chi connectivity index (χ3n) is 4.42. The van der Waals surface area contributed by atoms with Gasteiger partial charge in [-0.1, -0.05) is 24.3 Å². The molecule has 0 amide bonds. The lowest BCUT2D eigenvalue weighted by Crippen LogP contribution is -2.03. The number of aliphatic hydroxyl groups excluding tert-OH is 1. The summed E-state index contributed by atoms with van der Waals surface area (Å²) in [7, 11) is 0. The van der Waals surface area contributed by atoms with Gasteiger partial charge < -0.3 is 5.11 Å². The third kappa shape index (κ3) is 1.28. The molecule has 0 saturated carbocycles. The summed E-state index contributed by atoms with van der Waals surface area (Å²) >= 11 is 0. The van der Waals surface area contributed by atoms with E-state index in [0.29, 0.717) is 5.76 Å². The van der Waals surface area contributed by atoms with Gasteiger partial charge in [0.15, 0.2) is 0 Å². The molecule has 2 aliphatic rings. The Morgan fingerprint density at radius 2 is 1.61 bits per heavy atom. The van der Waals surface area contributed by atoms with Crippen molar-refractivity contribution >= 4 is 16.5 Å². The Morgan fingerprint density at radius 1 is 0.833 bits per heavy atom. The molecule has 0 bridgehead atoms. The summed E-state index contributed by atoms with van der Waals surface area (Å²) in [6.45, 7) is 0. The van der Waals surface area contributed by atoms with E-state index in [9.17, 15) is 5.11 Å².